The predicted octanol–water partition coefficient (Wildman–Crippen LogP) is 0.942. The maximum atomic E-state index is 12.5. The number of nitrogens with zero attached hydrogens (tertiary/aromatic N) is 4. The highest BCUT2D eigenvalue weighted by molar-refractivity contribution is 7.90. The molecule has 2 fully saturated rings. The van der Waals surface area contributed by atoms with E-state index in [2.05, 4.69) is 14.9 Å². The van der Waals surface area contributed by atoms with Crippen LogP contribution < -0.4 is 10.6 Å². The number of hydrogen-bond donors (Lipinski definition) is 1. The molecule has 0 unspecified atom stereocenters. The maximum Gasteiger partial charge on any atom is 0.222 e. The van der Waals surface area contributed by atoms with Gasteiger partial charge in [-0.2, -0.15) is 9.29 Å². The number of nitrogen functional groups attached to an aromatic ring is 1. The van der Waals surface area contributed by atoms with Crippen molar-refractivity contribution >= 4 is 21.8 Å². The highest BCUT2D eigenvalue weighted by atomic mass is 32.2. The molecule has 0 spiro atoms. The van der Waals surface area contributed by atoms with Gasteiger partial charge in [0.05, 0.1) is 10.9 Å². The van der Waals surface area contributed by atoms with Gasteiger partial charge in [0.15, 0.2) is 0 Å². The van der Waals surface area contributed by atoms with Gasteiger partial charge in [-0.1, -0.05) is 0 Å². The molecule has 8 heteroatoms. The molecule has 1 saturated carbocycles. The fraction of sp³-hybridized carbons (Fsp3) is 0.750. The molecule has 1 aliphatic heterocycles. The lowest BCUT2D eigenvalue weighted by atomic mass is 9.96. The molecule has 2 heterocycles. The molecule has 0 aromatic carbocycles. The summed E-state index contributed by atoms with van der Waals surface area (Å²) in [4.78, 5) is 11.1. The Bertz CT molecular complexity index is 732. The Morgan fingerprint density at radius 1 is 0.958 bits per heavy atom. The van der Waals surface area contributed by atoms with E-state index >= 15 is 0 Å². The van der Waals surface area contributed by atoms with Gasteiger partial charge in [0, 0.05) is 31.7 Å². The van der Waals surface area contributed by atoms with Crippen LogP contribution in [-0.4, -0.2) is 54.1 Å². The number of fused-ring (bicyclic) bond motifs is 1. The number of hydrogen-bond acceptors (Lipinski definition) is 6. The van der Waals surface area contributed by atoms with E-state index in [9.17, 15) is 8.42 Å². The molecule has 24 heavy (non-hydrogen) atoms. The average Bonchev–Trinajstić information content (AvgIpc) is 3.40. The average molecular weight is 351 g/mol. The summed E-state index contributed by atoms with van der Waals surface area (Å²) < 4.78 is 26.7. The molecule has 1 saturated heterocycles. The van der Waals surface area contributed by atoms with Gasteiger partial charge >= 0.3 is 0 Å². The standard InChI is InChI=1S/C16H25N5O2S/c17-16-18-14-5-2-1-4-13(14)15(19-16)20-8-3-9-21(11-10-20)24(22,23)12-6-7-12/h12H,1-11H2,(H2,17,18,19). The lowest BCUT2D eigenvalue weighted by Crippen LogP contribution is -2.37. The zero-order valence-corrected chi connectivity index (χ0v) is 14.8. The van der Waals surface area contributed by atoms with Gasteiger partial charge in [0.25, 0.3) is 0 Å². The van der Waals surface area contributed by atoms with Gasteiger partial charge in [0.1, 0.15) is 5.82 Å². The minimum absolute atomic E-state index is 0.133. The fourth-order valence-corrected chi connectivity index (χ4v) is 5.66. The highest BCUT2D eigenvalue weighted by Crippen LogP contribution is 2.33. The Morgan fingerprint density at radius 3 is 2.54 bits per heavy atom. The first-order chi connectivity index (χ1) is 11.6. The van der Waals surface area contributed by atoms with Crippen molar-refractivity contribution in [3.63, 3.8) is 0 Å². The van der Waals surface area contributed by atoms with E-state index in [0.29, 0.717) is 25.6 Å². The quantitative estimate of drug-likeness (QED) is 0.871. The largest absolute Gasteiger partial charge is 0.368 e. The van der Waals surface area contributed by atoms with Crippen LogP contribution in [0.15, 0.2) is 0 Å². The monoisotopic (exact) mass is 351 g/mol. The molecule has 3 aliphatic rings. The van der Waals surface area contributed by atoms with Crippen LogP contribution in [0.2, 0.25) is 0 Å². The van der Waals surface area contributed by atoms with Crippen molar-refractivity contribution in [2.24, 2.45) is 0 Å². The molecule has 0 amide bonds. The van der Waals surface area contributed by atoms with E-state index in [1.54, 1.807) is 4.31 Å². The zero-order valence-electron chi connectivity index (χ0n) is 13.9. The molecule has 2 N–H and O–H groups in total. The van der Waals surface area contributed by atoms with Crippen molar-refractivity contribution in [3.05, 3.63) is 11.3 Å². The molecule has 7 nitrogen and oxygen atoms in total. The van der Waals surface area contributed by atoms with Gasteiger partial charge in [-0.15, -0.1) is 0 Å². The van der Waals surface area contributed by atoms with Crippen molar-refractivity contribution in [1.82, 2.24) is 14.3 Å². The Labute approximate surface area is 143 Å². The smallest absolute Gasteiger partial charge is 0.222 e. The fourth-order valence-electron chi connectivity index (χ4n) is 3.79. The van der Waals surface area contributed by atoms with Crippen LogP contribution in [0.1, 0.15) is 43.4 Å². The minimum Gasteiger partial charge on any atom is -0.368 e. The van der Waals surface area contributed by atoms with Crippen LogP contribution in [0.3, 0.4) is 0 Å². The molecule has 0 bridgehead atoms. The molecule has 1 aromatic heterocycles. The van der Waals surface area contributed by atoms with E-state index in [1.807, 2.05) is 0 Å². The van der Waals surface area contributed by atoms with Gasteiger partial charge in [-0.25, -0.2) is 13.4 Å². The second kappa shape index (κ2) is 6.15. The number of anilines is 2. The highest BCUT2D eigenvalue weighted by Gasteiger charge is 2.40. The molecule has 0 atom stereocenters. The lowest BCUT2D eigenvalue weighted by Gasteiger charge is -2.27. The van der Waals surface area contributed by atoms with E-state index in [-0.39, 0.29) is 5.25 Å². The zero-order chi connectivity index (χ0) is 16.7. The second-order valence-corrected chi connectivity index (χ2v) is 9.23. The molecule has 0 radical (unpaired) electrons. The second-order valence-electron chi connectivity index (χ2n) is 7.02. The summed E-state index contributed by atoms with van der Waals surface area (Å²) in [5, 5.41) is -0.133. The summed E-state index contributed by atoms with van der Waals surface area (Å²) >= 11 is 0. The summed E-state index contributed by atoms with van der Waals surface area (Å²) in [6.45, 7) is 2.64. The normalized spacial score (nSPS) is 22.9. The minimum atomic E-state index is -3.09. The number of nitrogens with two attached hydrogens (primary N) is 1. The van der Waals surface area contributed by atoms with Crippen LogP contribution >= 0.6 is 0 Å². The van der Waals surface area contributed by atoms with Crippen molar-refractivity contribution < 1.29 is 8.42 Å². The Morgan fingerprint density at radius 2 is 1.75 bits per heavy atom. The first-order valence-corrected chi connectivity index (χ1v) is 10.5. The SMILES string of the molecule is Nc1nc2c(c(N3CCCN(S(=O)(=O)C4CC4)CC3)n1)CCCC2. The van der Waals surface area contributed by atoms with Crippen LogP contribution in [0.25, 0.3) is 0 Å². The predicted molar refractivity (Wildman–Crippen MR) is 93.4 cm³/mol. The molecule has 1 aromatic rings. The van der Waals surface area contributed by atoms with Crippen molar-refractivity contribution in [2.75, 3.05) is 36.8 Å². The Balaban J connectivity index is 1.56. The molecular weight excluding hydrogens is 326 g/mol. The summed E-state index contributed by atoms with van der Waals surface area (Å²) in [6.07, 6.45) is 6.72. The van der Waals surface area contributed by atoms with Crippen LogP contribution in [0, 0.1) is 0 Å². The van der Waals surface area contributed by atoms with Crippen LogP contribution in [-0.2, 0) is 22.9 Å². The van der Waals surface area contributed by atoms with Crippen LogP contribution in [0.4, 0.5) is 11.8 Å². The van der Waals surface area contributed by atoms with Crippen LogP contribution in [0.5, 0.6) is 0 Å². The lowest BCUT2D eigenvalue weighted by molar-refractivity contribution is 0.432. The van der Waals surface area contributed by atoms with Gasteiger partial charge in [0.2, 0.25) is 16.0 Å². The molecule has 132 valence electrons. The summed E-state index contributed by atoms with van der Waals surface area (Å²) in [5.74, 6) is 1.26. The van der Waals surface area contributed by atoms with E-state index in [1.165, 1.54) is 5.56 Å². The van der Waals surface area contributed by atoms with Gasteiger partial charge in [-0.3, -0.25) is 0 Å². The first kappa shape index (κ1) is 16.1. The van der Waals surface area contributed by atoms with E-state index in [0.717, 1.165) is 63.0 Å². The summed E-state index contributed by atoms with van der Waals surface area (Å²) in [5.41, 5.74) is 8.21. The Kier molecular flexibility index (Phi) is 4.12. The maximum absolute atomic E-state index is 12.5. The number of sulfonamides is 1. The van der Waals surface area contributed by atoms with E-state index in [4.69, 9.17) is 5.73 Å². The summed E-state index contributed by atoms with van der Waals surface area (Å²) in [6, 6.07) is 0. The third-order valence-electron chi connectivity index (χ3n) is 5.24. The molecule has 2 aliphatic carbocycles. The van der Waals surface area contributed by atoms with Crippen molar-refractivity contribution in [3.8, 4) is 0 Å². The number of aromatic nitrogens is 2. The third kappa shape index (κ3) is 2.97. The van der Waals surface area contributed by atoms with Crippen molar-refractivity contribution in [1.29, 1.82) is 0 Å². The van der Waals surface area contributed by atoms with Gasteiger partial charge in [-0.05, 0) is 44.9 Å². The van der Waals surface area contributed by atoms with E-state index < -0.39 is 10.0 Å². The third-order valence-corrected chi connectivity index (χ3v) is 7.64. The Hall–Kier alpha value is -1.41. The topological polar surface area (TPSA) is 92.4 Å². The summed E-state index contributed by atoms with van der Waals surface area (Å²) in [7, 11) is -3.09. The molecule has 4 rings (SSSR count). The molecular formula is C16H25N5O2S. The first-order valence-electron chi connectivity index (χ1n) is 8.95. The number of aryl methyl sites for hydroxylation is 1. The van der Waals surface area contributed by atoms with Gasteiger partial charge < -0.3 is 10.6 Å². The number of rotatable bonds is 3. The van der Waals surface area contributed by atoms with Crippen molar-refractivity contribution in [2.45, 2.75) is 50.2 Å².